The molecule has 2 aromatic carbocycles. The average molecular weight is 559 g/mol. The molecule has 0 saturated heterocycles. The minimum atomic E-state index is -2.52. The van der Waals surface area contributed by atoms with Crippen LogP contribution in [-0.4, -0.2) is 18.4 Å². The monoisotopic (exact) mass is 560 g/mol. The van der Waals surface area contributed by atoms with Crippen molar-refractivity contribution in [3.05, 3.63) is 66.5 Å². The summed E-state index contributed by atoms with van der Waals surface area (Å²) in [6.07, 6.45) is 7.78. The van der Waals surface area contributed by atoms with Gasteiger partial charge in [-0.25, -0.2) is 0 Å². The molecule has 3 aromatic rings. The molecule has 1 nitrogen and oxygen atoms in total. The van der Waals surface area contributed by atoms with Crippen LogP contribution in [0.3, 0.4) is 0 Å². The van der Waals surface area contributed by atoms with Crippen LogP contribution >= 0.6 is 11.3 Å². The summed E-state index contributed by atoms with van der Waals surface area (Å²) in [6.45, 7) is 6.92. The zero-order chi connectivity index (χ0) is 22.8. The average Bonchev–Trinajstić information content (AvgIpc) is 3.30. The summed E-state index contributed by atoms with van der Waals surface area (Å²) in [5, 5.41) is 0. The van der Waals surface area contributed by atoms with E-state index in [2.05, 4.69) is 32.9 Å². The van der Waals surface area contributed by atoms with Crippen LogP contribution in [0.1, 0.15) is 59.3 Å². The molecule has 0 aliphatic rings. The van der Waals surface area contributed by atoms with Gasteiger partial charge in [-0.05, 0) is 0 Å². The molecule has 0 amide bonds. The van der Waals surface area contributed by atoms with Crippen LogP contribution in [-0.2, 0) is 0 Å². The van der Waals surface area contributed by atoms with E-state index in [9.17, 15) is 0 Å². The summed E-state index contributed by atoms with van der Waals surface area (Å²) in [5.74, 6) is 1.13. The molecule has 1 heterocycles. The summed E-state index contributed by atoms with van der Waals surface area (Å²) in [7, 11) is 0. The normalized spacial score (nSPS) is 11.6. The predicted octanol–water partition coefficient (Wildman–Crippen LogP) is 9.40. The van der Waals surface area contributed by atoms with Crippen molar-refractivity contribution >= 4 is 32.6 Å². The van der Waals surface area contributed by atoms with Gasteiger partial charge >= 0.3 is 203 Å². The van der Waals surface area contributed by atoms with E-state index in [1.165, 1.54) is 51.8 Å². The third-order valence-corrected chi connectivity index (χ3v) is 25.7. The van der Waals surface area contributed by atoms with E-state index in [-0.39, 0.29) is 5.82 Å². The second kappa shape index (κ2) is 12.8. The van der Waals surface area contributed by atoms with Gasteiger partial charge in [-0.1, -0.05) is 0 Å². The molecule has 0 N–H and O–H groups in total. The van der Waals surface area contributed by atoms with Crippen LogP contribution in [0, 0.1) is 5.82 Å². The summed E-state index contributed by atoms with van der Waals surface area (Å²) >= 11 is -0.668. The SMILES string of the molecule is CCC[CH2][Sn]([CH2]CCC)([CH2]CCC)[c]1ccc(-c2c(F)cccc2Oc2ccccc2)s1. The van der Waals surface area contributed by atoms with Crippen molar-refractivity contribution in [1.29, 1.82) is 0 Å². The van der Waals surface area contributed by atoms with Crippen LogP contribution in [0.5, 0.6) is 11.5 Å². The third-order valence-electron chi connectivity index (χ3n) is 6.35. The number of hydrogen-bond acceptors (Lipinski definition) is 2. The fourth-order valence-electron chi connectivity index (χ4n) is 4.49. The maximum absolute atomic E-state index is 15.1. The van der Waals surface area contributed by atoms with E-state index < -0.39 is 18.4 Å². The van der Waals surface area contributed by atoms with Gasteiger partial charge in [0.2, 0.25) is 0 Å². The van der Waals surface area contributed by atoms with E-state index in [0.29, 0.717) is 11.3 Å². The van der Waals surface area contributed by atoms with Crippen molar-refractivity contribution in [3.63, 3.8) is 0 Å². The first kappa shape index (κ1) is 25.3. The van der Waals surface area contributed by atoms with Crippen LogP contribution in [0.2, 0.25) is 13.3 Å². The molecule has 0 spiro atoms. The molecule has 0 atom stereocenters. The molecule has 0 saturated carbocycles. The van der Waals surface area contributed by atoms with E-state index in [1.807, 2.05) is 47.7 Å². The van der Waals surface area contributed by atoms with Gasteiger partial charge in [0.05, 0.1) is 0 Å². The Morgan fingerprint density at radius 3 is 1.97 bits per heavy atom. The quantitative estimate of drug-likeness (QED) is 0.190. The van der Waals surface area contributed by atoms with Crippen molar-refractivity contribution in [2.24, 2.45) is 0 Å². The molecule has 4 heteroatoms. The molecule has 0 aliphatic heterocycles. The van der Waals surface area contributed by atoms with Gasteiger partial charge in [0.15, 0.2) is 0 Å². The Morgan fingerprint density at radius 2 is 1.38 bits per heavy atom. The van der Waals surface area contributed by atoms with Crippen LogP contribution in [0.15, 0.2) is 60.7 Å². The molecule has 172 valence electrons. The van der Waals surface area contributed by atoms with Gasteiger partial charge in [-0.2, -0.15) is 0 Å². The molecule has 1 aromatic heterocycles. The molecular weight excluding hydrogens is 522 g/mol. The maximum atomic E-state index is 15.1. The number of rotatable bonds is 13. The fraction of sp³-hybridized carbons (Fsp3) is 0.429. The van der Waals surface area contributed by atoms with E-state index in [0.717, 1.165) is 10.6 Å². The van der Waals surface area contributed by atoms with Gasteiger partial charge in [0, 0.05) is 0 Å². The Bertz CT molecular complexity index is 931. The standard InChI is InChI=1S/C16H10FOS.3C4H9.Sn/c17-13-8-4-9-14(16(13)15-10-5-11-19-15)18-12-6-2-1-3-7-12;3*1-3-4-2;/h1-10H;3*1,3-4H2,2H3;. The van der Waals surface area contributed by atoms with Gasteiger partial charge in [0.25, 0.3) is 0 Å². The topological polar surface area (TPSA) is 9.23 Å². The fourth-order valence-corrected chi connectivity index (χ4v) is 24.7. The Labute approximate surface area is 201 Å². The first-order chi connectivity index (χ1) is 15.6. The van der Waals surface area contributed by atoms with E-state index in [4.69, 9.17) is 4.74 Å². The Balaban J connectivity index is 1.99. The Kier molecular flexibility index (Phi) is 10.1. The van der Waals surface area contributed by atoms with Crippen molar-refractivity contribution < 1.29 is 9.13 Å². The number of unbranched alkanes of at least 4 members (excludes halogenated alkanes) is 3. The summed E-state index contributed by atoms with van der Waals surface area (Å²) in [6, 6.07) is 19.3. The van der Waals surface area contributed by atoms with E-state index in [1.54, 1.807) is 15.0 Å². The molecule has 0 bridgehead atoms. The number of ether oxygens (including phenoxy) is 1. The van der Waals surface area contributed by atoms with Crippen molar-refractivity contribution in [2.45, 2.75) is 72.6 Å². The van der Waals surface area contributed by atoms with Crippen LogP contribution in [0.4, 0.5) is 4.39 Å². The molecular formula is C28H37FOSSn. The molecule has 3 rings (SSSR count). The third kappa shape index (κ3) is 6.38. The number of para-hydroxylation sites is 1. The summed E-state index contributed by atoms with van der Waals surface area (Å²) in [4.78, 5) is 1.01. The van der Waals surface area contributed by atoms with Crippen LogP contribution in [0.25, 0.3) is 10.4 Å². The molecule has 0 unspecified atom stereocenters. The summed E-state index contributed by atoms with van der Waals surface area (Å²) in [5.41, 5.74) is 0.606. The number of thiophene rings is 1. The van der Waals surface area contributed by atoms with Crippen molar-refractivity contribution in [3.8, 4) is 21.9 Å². The van der Waals surface area contributed by atoms with Crippen molar-refractivity contribution in [2.75, 3.05) is 0 Å². The van der Waals surface area contributed by atoms with Crippen molar-refractivity contribution in [1.82, 2.24) is 0 Å². The first-order valence-electron chi connectivity index (χ1n) is 12.3. The molecule has 32 heavy (non-hydrogen) atoms. The second-order valence-electron chi connectivity index (χ2n) is 8.78. The Hall–Kier alpha value is -1.33. The van der Waals surface area contributed by atoms with Gasteiger partial charge in [-0.3, -0.25) is 0 Å². The zero-order valence-electron chi connectivity index (χ0n) is 19.8. The summed E-state index contributed by atoms with van der Waals surface area (Å²) < 4.78 is 27.1. The number of halogens is 1. The Morgan fingerprint density at radius 1 is 0.750 bits per heavy atom. The zero-order valence-corrected chi connectivity index (χ0v) is 23.5. The predicted molar refractivity (Wildman–Crippen MR) is 141 cm³/mol. The molecule has 0 aliphatic carbocycles. The first-order valence-corrected chi connectivity index (χ1v) is 20.6. The number of hydrogen-bond donors (Lipinski definition) is 0. The minimum absolute atomic E-state index is 0.205. The van der Waals surface area contributed by atoms with Gasteiger partial charge in [0.1, 0.15) is 0 Å². The van der Waals surface area contributed by atoms with Gasteiger partial charge in [-0.15, -0.1) is 0 Å². The number of benzene rings is 2. The molecule has 0 fully saturated rings. The van der Waals surface area contributed by atoms with Gasteiger partial charge < -0.3 is 0 Å². The second-order valence-corrected chi connectivity index (χ2v) is 24.0. The van der Waals surface area contributed by atoms with Crippen LogP contribution < -0.4 is 7.63 Å². The molecule has 0 radical (unpaired) electrons. The van der Waals surface area contributed by atoms with E-state index >= 15 is 4.39 Å².